The van der Waals surface area contributed by atoms with E-state index in [2.05, 4.69) is 31.0 Å². The number of amides is 2. The first-order valence-corrected chi connectivity index (χ1v) is 10.8. The summed E-state index contributed by atoms with van der Waals surface area (Å²) in [5.74, 6) is -1.29. The minimum Gasteiger partial charge on any atom is -0.267 e. The molecule has 2 aromatic carbocycles. The Bertz CT molecular complexity index is 1660. The molecular weight excluding hydrogens is 448 g/mol. The summed E-state index contributed by atoms with van der Waals surface area (Å²) in [4.78, 5) is 47.0. The highest BCUT2D eigenvalue weighted by Crippen LogP contribution is 2.14. The Morgan fingerprint density at radius 2 is 1.54 bits per heavy atom. The number of nitrogens with one attached hydrogen (secondary N) is 2. The second kappa shape index (κ2) is 8.78. The molecule has 0 fully saturated rings. The fraction of sp³-hybridized carbons (Fsp3) is 0.125. The molecule has 35 heavy (non-hydrogen) atoms. The first kappa shape index (κ1) is 21.9. The monoisotopic (exact) mass is 468 g/mol. The van der Waals surface area contributed by atoms with Crippen molar-refractivity contribution in [3.63, 3.8) is 0 Å². The van der Waals surface area contributed by atoms with Gasteiger partial charge < -0.3 is 0 Å². The number of hydrogen-bond acceptors (Lipinski definition) is 7. The Morgan fingerprint density at radius 3 is 2.31 bits per heavy atom. The highest BCUT2D eigenvalue weighted by Gasteiger charge is 2.20. The molecule has 3 aromatic heterocycles. The number of nitrogens with zero attached hydrogens (tertiary/aromatic N) is 6. The highest BCUT2D eigenvalue weighted by atomic mass is 16.2. The van der Waals surface area contributed by atoms with E-state index in [0.717, 1.165) is 17.0 Å². The van der Waals surface area contributed by atoms with E-state index >= 15 is 0 Å². The van der Waals surface area contributed by atoms with E-state index in [1.165, 1.54) is 9.20 Å². The molecule has 0 spiro atoms. The van der Waals surface area contributed by atoms with Crippen molar-refractivity contribution in [3.8, 4) is 0 Å². The van der Waals surface area contributed by atoms with E-state index in [1.807, 2.05) is 50.2 Å². The van der Waals surface area contributed by atoms with Crippen molar-refractivity contribution in [3.05, 3.63) is 99.5 Å². The number of aryl methyl sites for hydroxylation is 2. The van der Waals surface area contributed by atoms with Crippen molar-refractivity contribution >= 4 is 28.4 Å². The average Bonchev–Trinajstić information content (AvgIpc) is 3.29. The number of hydrazine groups is 1. The van der Waals surface area contributed by atoms with Gasteiger partial charge >= 0.3 is 5.91 Å². The summed E-state index contributed by atoms with van der Waals surface area (Å²) in [6, 6.07) is 17.8. The van der Waals surface area contributed by atoms with Crippen LogP contribution in [-0.2, 0) is 6.54 Å². The second-order valence-corrected chi connectivity index (χ2v) is 7.94. The van der Waals surface area contributed by atoms with E-state index in [0.29, 0.717) is 10.8 Å². The Hall–Kier alpha value is -4.93. The maximum Gasteiger partial charge on any atom is 0.309 e. The lowest BCUT2D eigenvalue weighted by atomic mass is 10.1. The molecule has 0 aliphatic rings. The standard InChI is InChI=1S/C24H20N8O3/c1-14-12-15(2)32-24(25-14)26-20(30-32)22(34)28-27-21(33)19-17-10-6-7-11-18(17)23(35)31(29-19)13-16-8-4-3-5-9-16/h3-12H,13H2,1-2H3,(H,27,33)(H,28,34). The van der Waals surface area contributed by atoms with E-state index in [-0.39, 0.29) is 29.4 Å². The first-order chi connectivity index (χ1) is 16.9. The molecule has 2 amide bonds. The summed E-state index contributed by atoms with van der Waals surface area (Å²) < 4.78 is 2.67. The molecule has 0 unspecified atom stereocenters. The number of carbonyl (C=O) groups excluding carboxylic acids is 2. The third kappa shape index (κ3) is 4.22. The van der Waals surface area contributed by atoms with Crippen LogP contribution in [-0.4, -0.2) is 41.2 Å². The van der Waals surface area contributed by atoms with E-state index in [1.54, 1.807) is 24.3 Å². The summed E-state index contributed by atoms with van der Waals surface area (Å²) in [7, 11) is 0. The van der Waals surface area contributed by atoms with Gasteiger partial charge in [0, 0.05) is 16.8 Å². The van der Waals surface area contributed by atoms with Crippen LogP contribution in [0.15, 0.2) is 65.5 Å². The van der Waals surface area contributed by atoms with Gasteiger partial charge in [-0.15, -0.1) is 5.10 Å². The summed E-state index contributed by atoms with van der Waals surface area (Å²) in [5, 5.41) is 9.15. The lowest BCUT2D eigenvalue weighted by molar-refractivity contribution is 0.0838. The van der Waals surface area contributed by atoms with Gasteiger partial charge in [-0.25, -0.2) is 14.2 Å². The molecule has 0 aliphatic heterocycles. The molecule has 0 radical (unpaired) electrons. The van der Waals surface area contributed by atoms with Crippen LogP contribution < -0.4 is 16.4 Å². The number of aromatic nitrogens is 6. The number of rotatable bonds is 4. The third-order valence-electron chi connectivity index (χ3n) is 5.37. The Kier molecular flexibility index (Phi) is 5.49. The van der Waals surface area contributed by atoms with Crippen molar-refractivity contribution in [1.29, 1.82) is 0 Å². The molecule has 0 atom stereocenters. The molecular formula is C24H20N8O3. The topological polar surface area (TPSA) is 136 Å². The predicted molar refractivity (Wildman–Crippen MR) is 127 cm³/mol. The highest BCUT2D eigenvalue weighted by molar-refractivity contribution is 6.05. The van der Waals surface area contributed by atoms with Crippen molar-refractivity contribution in [1.82, 2.24) is 40.2 Å². The lowest BCUT2D eigenvalue weighted by Gasteiger charge is -2.11. The largest absolute Gasteiger partial charge is 0.309 e. The Balaban J connectivity index is 1.42. The minimum atomic E-state index is -0.720. The van der Waals surface area contributed by atoms with Crippen LogP contribution in [0.2, 0.25) is 0 Å². The van der Waals surface area contributed by atoms with Crippen molar-refractivity contribution in [2.24, 2.45) is 0 Å². The number of carbonyl (C=O) groups is 2. The van der Waals surface area contributed by atoms with Crippen LogP contribution in [0.3, 0.4) is 0 Å². The van der Waals surface area contributed by atoms with Crippen LogP contribution in [0, 0.1) is 13.8 Å². The van der Waals surface area contributed by atoms with Crippen LogP contribution in [0.4, 0.5) is 0 Å². The zero-order valence-corrected chi connectivity index (χ0v) is 18.9. The Labute approximate surface area is 198 Å². The zero-order chi connectivity index (χ0) is 24.5. The fourth-order valence-corrected chi connectivity index (χ4v) is 3.76. The molecule has 0 aliphatic carbocycles. The molecule has 174 valence electrons. The van der Waals surface area contributed by atoms with Crippen molar-refractivity contribution in [2.45, 2.75) is 20.4 Å². The molecule has 0 saturated carbocycles. The normalized spacial score (nSPS) is 11.0. The van der Waals surface area contributed by atoms with Gasteiger partial charge in [0.1, 0.15) is 0 Å². The summed E-state index contributed by atoms with van der Waals surface area (Å²) in [6.07, 6.45) is 0. The zero-order valence-electron chi connectivity index (χ0n) is 18.9. The first-order valence-electron chi connectivity index (χ1n) is 10.8. The molecule has 11 nitrogen and oxygen atoms in total. The SMILES string of the molecule is Cc1cc(C)n2nc(C(=O)NNC(=O)c3nn(Cc4ccccc4)c(=O)c4ccccc34)nc2n1. The smallest absolute Gasteiger partial charge is 0.267 e. The van der Waals surface area contributed by atoms with Crippen LogP contribution >= 0.6 is 0 Å². The summed E-state index contributed by atoms with van der Waals surface area (Å²) in [5.41, 5.74) is 6.68. The predicted octanol–water partition coefficient (Wildman–Crippen LogP) is 1.57. The van der Waals surface area contributed by atoms with E-state index in [4.69, 9.17) is 0 Å². The molecule has 3 heterocycles. The second-order valence-electron chi connectivity index (χ2n) is 7.94. The third-order valence-corrected chi connectivity index (χ3v) is 5.37. The van der Waals surface area contributed by atoms with Crippen LogP contribution in [0.1, 0.15) is 38.1 Å². The van der Waals surface area contributed by atoms with Crippen molar-refractivity contribution in [2.75, 3.05) is 0 Å². The molecule has 5 aromatic rings. The number of fused-ring (bicyclic) bond motifs is 2. The number of benzene rings is 2. The van der Waals surface area contributed by atoms with Crippen LogP contribution in [0.25, 0.3) is 16.6 Å². The van der Waals surface area contributed by atoms with Gasteiger partial charge in [-0.3, -0.25) is 25.2 Å². The number of hydrogen-bond donors (Lipinski definition) is 2. The van der Waals surface area contributed by atoms with Gasteiger partial charge in [0.25, 0.3) is 17.2 Å². The van der Waals surface area contributed by atoms with Crippen molar-refractivity contribution < 1.29 is 9.59 Å². The minimum absolute atomic E-state index is 0.00692. The molecule has 2 N–H and O–H groups in total. The van der Waals surface area contributed by atoms with Gasteiger partial charge in [0.05, 0.1) is 11.9 Å². The molecule has 0 bridgehead atoms. The maximum absolute atomic E-state index is 13.0. The van der Waals surface area contributed by atoms with E-state index < -0.39 is 11.8 Å². The van der Waals surface area contributed by atoms with Gasteiger partial charge in [-0.05, 0) is 31.5 Å². The summed E-state index contributed by atoms with van der Waals surface area (Å²) in [6.45, 7) is 3.82. The quantitative estimate of drug-likeness (QED) is 0.382. The van der Waals surface area contributed by atoms with Gasteiger partial charge in [0.15, 0.2) is 5.69 Å². The van der Waals surface area contributed by atoms with Crippen LogP contribution in [0.5, 0.6) is 0 Å². The van der Waals surface area contributed by atoms with Gasteiger partial charge in [-0.2, -0.15) is 10.1 Å². The van der Waals surface area contributed by atoms with E-state index in [9.17, 15) is 14.4 Å². The van der Waals surface area contributed by atoms with Gasteiger partial charge in [-0.1, -0.05) is 48.5 Å². The fourth-order valence-electron chi connectivity index (χ4n) is 3.76. The molecule has 11 heteroatoms. The average molecular weight is 468 g/mol. The Morgan fingerprint density at radius 1 is 0.857 bits per heavy atom. The maximum atomic E-state index is 13.0. The lowest BCUT2D eigenvalue weighted by Crippen LogP contribution is -2.43. The molecule has 5 rings (SSSR count). The summed E-state index contributed by atoms with van der Waals surface area (Å²) >= 11 is 0. The van der Waals surface area contributed by atoms with Gasteiger partial charge in [0.2, 0.25) is 5.82 Å². The molecule has 0 saturated heterocycles.